The molecule has 2 aromatic carbocycles. The fraction of sp³-hybridized carbons (Fsp3) is 0.105. The minimum atomic E-state index is -0.497. The lowest BCUT2D eigenvalue weighted by Gasteiger charge is -2.05. The second-order valence-corrected chi connectivity index (χ2v) is 9.22. The average molecular weight is 486 g/mol. The number of ether oxygens (including phenoxy) is 1. The summed E-state index contributed by atoms with van der Waals surface area (Å²) in [5, 5.41) is 1.95. The fourth-order valence-electron chi connectivity index (χ4n) is 2.84. The molecule has 0 aliphatic carbocycles. The Labute approximate surface area is 187 Å². The van der Waals surface area contributed by atoms with Crippen LogP contribution in [-0.2, 0) is 16.1 Å². The number of aromatic nitrogens is 1. The molecular weight excluding hydrogens is 475 g/mol. The Kier molecular flexibility index (Phi) is 5.68. The zero-order valence-corrected chi connectivity index (χ0v) is 18.6. The Morgan fingerprint density at radius 3 is 2.59 bits per heavy atom. The molecule has 2 aromatic heterocycles. The largest absolute Gasteiger partial charge is 0.468 e. The molecule has 10 heteroatoms. The third kappa shape index (κ3) is 3.81. The van der Waals surface area contributed by atoms with Gasteiger partial charge in [0.1, 0.15) is 11.4 Å². The average Bonchev–Trinajstić information content (AvgIpc) is 3.19. The van der Waals surface area contributed by atoms with Crippen LogP contribution in [0, 0.1) is 0 Å². The van der Waals surface area contributed by atoms with E-state index in [0.29, 0.717) is 35.0 Å². The Bertz CT molecular complexity index is 1350. The molecular formula is C19H11Cl3N2O3S2. The second-order valence-electron chi connectivity index (χ2n) is 5.94. The van der Waals surface area contributed by atoms with Gasteiger partial charge in [0.25, 0.3) is 5.91 Å². The van der Waals surface area contributed by atoms with E-state index < -0.39 is 11.9 Å². The molecule has 0 atom stereocenters. The normalized spacial score (nSPS) is 12.1. The summed E-state index contributed by atoms with van der Waals surface area (Å²) < 4.78 is 7.90. The van der Waals surface area contributed by atoms with Crippen LogP contribution in [0.25, 0.3) is 20.3 Å². The summed E-state index contributed by atoms with van der Waals surface area (Å²) in [7, 11) is 1.29. The van der Waals surface area contributed by atoms with Crippen LogP contribution >= 0.6 is 57.5 Å². The third-order valence-electron chi connectivity index (χ3n) is 4.14. The van der Waals surface area contributed by atoms with E-state index in [9.17, 15) is 9.59 Å². The summed E-state index contributed by atoms with van der Waals surface area (Å²) in [4.78, 5) is 29.7. The van der Waals surface area contributed by atoms with Crippen LogP contribution < -0.4 is 4.80 Å². The smallest absolute Gasteiger partial charge is 0.325 e. The van der Waals surface area contributed by atoms with Gasteiger partial charge in [0.15, 0.2) is 4.80 Å². The molecule has 0 aliphatic rings. The van der Waals surface area contributed by atoms with Crippen molar-refractivity contribution in [3.05, 3.63) is 61.1 Å². The molecule has 0 saturated heterocycles. The minimum absolute atomic E-state index is 0.149. The number of methoxy groups -OCH3 is 1. The Hall–Kier alpha value is -1.90. The van der Waals surface area contributed by atoms with Crippen molar-refractivity contribution in [3.8, 4) is 0 Å². The number of hydrogen-bond donors (Lipinski definition) is 0. The van der Waals surface area contributed by atoms with Gasteiger partial charge in [0, 0.05) is 15.1 Å². The molecule has 148 valence electrons. The van der Waals surface area contributed by atoms with Gasteiger partial charge in [-0.15, -0.1) is 11.3 Å². The molecule has 5 nitrogen and oxygen atoms in total. The molecule has 0 unspecified atom stereocenters. The van der Waals surface area contributed by atoms with Crippen LogP contribution in [-0.4, -0.2) is 23.6 Å². The van der Waals surface area contributed by atoms with Crippen molar-refractivity contribution in [1.82, 2.24) is 4.57 Å². The van der Waals surface area contributed by atoms with Gasteiger partial charge < -0.3 is 9.30 Å². The predicted octanol–water partition coefficient (Wildman–Crippen LogP) is 5.79. The van der Waals surface area contributed by atoms with Crippen molar-refractivity contribution in [1.29, 1.82) is 0 Å². The van der Waals surface area contributed by atoms with E-state index in [0.717, 1.165) is 10.1 Å². The van der Waals surface area contributed by atoms with E-state index in [1.54, 1.807) is 16.7 Å². The van der Waals surface area contributed by atoms with Crippen molar-refractivity contribution in [2.24, 2.45) is 4.99 Å². The van der Waals surface area contributed by atoms with Crippen molar-refractivity contribution < 1.29 is 14.3 Å². The number of thiazole rings is 1. The number of halogens is 3. The first-order valence-electron chi connectivity index (χ1n) is 8.20. The van der Waals surface area contributed by atoms with Gasteiger partial charge in [-0.3, -0.25) is 9.59 Å². The fourth-order valence-corrected chi connectivity index (χ4v) is 6.05. The zero-order valence-electron chi connectivity index (χ0n) is 14.7. The molecule has 0 aliphatic heterocycles. The maximum atomic E-state index is 12.9. The summed E-state index contributed by atoms with van der Waals surface area (Å²) in [5.74, 6) is -0.992. The molecule has 0 N–H and O–H groups in total. The molecule has 4 rings (SSSR count). The highest BCUT2D eigenvalue weighted by molar-refractivity contribution is 7.21. The number of fused-ring (bicyclic) bond motifs is 2. The SMILES string of the molecule is COC(=O)Cn1c(=NC(=O)c2sc3ccccc3c2Cl)sc2cc(Cl)cc(Cl)c21. The Morgan fingerprint density at radius 1 is 1.10 bits per heavy atom. The van der Waals surface area contributed by atoms with Crippen molar-refractivity contribution >= 4 is 89.7 Å². The second kappa shape index (κ2) is 8.08. The number of amides is 1. The van der Waals surface area contributed by atoms with Crippen molar-refractivity contribution in [2.75, 3.05) is 7.11 Å². The van der Waals surface area contributed by atoms with Crippen LogP contribution in [0.1, 0.15) is 9.67 Å². The molecule has 2 heterocycles. The number of nitrogens with zero attached hydrogens (tertiary/aromatic N) is 2. The number of thiophene rings is 1. The highest BCUT2D eigenvalue weighted by atomic mass is 35.5. The summed E-state index contributed by atoms with van der Waals surface area (Å²) in [6, 6.07) is 10.7. The van der Waals surface area contributed by atoms with Crippen molar-refractivity contribution in [3.63, 3.8) is 0 Å². The first kappa shape index (κ1) is 20.4. The van der Waals surface area contributed by atoms with Crippen molar-refractivity contribution in [2.45, 2.75) is 6.54 Å². The summed E-state index contributed by atoms with van der Waals surface area (Å²) >= 11 is 21.3. The quantitative estimate of drug-likeness (QED) is 0.345. The van der Waals surface area contributed by atoms with Crippen LogP contribution in [0.4, 0.5) is 0 Å². The molecule has 1 amide bonds. The van der Waals surface area contributed by atoms with E-state index >= 15 is 0 Å². The highest BCUT2D eigenvalue weighted by Gasteiger charge is 2.19. The lowest BCUT2D eigenvalue weighted by Crippen LogP contribution is -2.22. The maximum absolute atomic E-state index is 12.9. The monoisotopic (exact) mass is 484 g/mol. The lowest BCUT2D eigenvalue weighted by molar-refractivity contribution is -0.141. The van der Waals surface area contributed by atoms with Crippen LogP contribution in [0.3, 0.4) is 0 Å². The highest BCUT2D eigenvalue weighted by Crippen LogP contribution is 2.35. The Morgan fingerprint density at radius 2 is 1.86 bits per heavy atom. The van der Waals surface area contributed by atoms with E-state index in [4.69, 9.17) is 39.5 Å². The van der Waals surface area contributed by atoms with E-state index in [-0.39, 0.29) is 6.54 Å². The molecule has 4 aromatic rings. The molecule has 0 radical (unpaired) electrons. The molecule has 0 fully saturated rings. The number of benzene rings is 2. The Balaban J connectivity index is 1.91. The predicted molar refractivity (Wildman–Crippen MR) is 119 cm³/mol. The number of hydrogen-bond acceptors (Lipinski definition) is 5. The van der Waals surface area contributed by atoms with Gasteiger partial charge in [0.2, 0.25) is 0 Å². The van der Waals surface area contributed by atoms with Crippen LogP contribution in [0.5, 0.6) is 0 Å². The molecule has 0 spiro atoms. The molecule has 29 heavy (non-hydrogen) atoms. The summed E-state index contributed by atoms with van der Waals surface area (Å²) in [6.07, 6.45) is 0. The minimum Gasteiger partial charge on any atom is -0.468 e. The number of esters is 1. The summed E-state index contributed by atoms with van der Waals surface area (Å²) in [5.41, 5.74) is 0.556. The van der Waals surface area contributed by atoms with E-state index in [2.05, 4.69) is 4.99 Å². The third-order valence-corrected chi connectivity index (χ3v) is 7.33. The van der Waals surface area contributed by atoms with Gasteiger partial charge in [0.05, 0.1) is 27.4 Å². The standard InChI is InChI=1S/C19H11Cl3N2O3S2/c1-27-14(25)8-24-16-11(21)6-9(20)7-13(16)29-19(24)23-18(26)17-15(22)10-4-2-3-5-12(10)28-17/h2-7H,8H2,1H3. The molecule has 0 bridgehead atoms. The van der Waals surface area contributed by atoms with Gasteiger partial charge in [-0.25, -0.2) is 0 Å². The van der Waals surface area contributed by atoms with E-state index in [1.165, 1.54) is 29.8 Å². The van der Waals surface area contributed by atoms with Gasteiger partial charge in [-0.2, -0.15) is 4.99 Å². The molecule has 0 saturated carbocycles. The maximum Gasteiger partial charge on any atom is 0.325 e. The van der Waals surface area contributed by atoms with Crippen LogP contribution in [0.2, 0.25) is 15.1 Å². The van der Waals surface area contributed by atoms with Gasteiger partial charge >= 0.3 is 5.97 Å². The number of carbonyl (C=O) groups is 2. The topological polar surface area (TPSA) is 60.7 Å². The summed E-state index contributed by atoms with van der Waals surface area (Å²) in [6.45, 7) is -0.149. The number of rotatable bonds is 3. The zero-order chi connectivity index (χ0) is 20.7. The van der Waals surface area contributed by atoms with Gasteiger partial charge in [-0.05, 0) is 18.2 Å². The number of carbonyl (C=O) groups excluding carboxylic acids is 2. The van der Waals surface area contributed by atoms with E-state index in [1.807, 2.05) is 24.3 Å². The van der Waals surface area contributed by atoms with Gasteiger partial charge in [-0.1, -0.05) is 64.3 Å². The first-order chi connectivity index (χ1) is 13.9. The first-order valence-corrected chi connectivity index (χ1v) is 11.0. The van der Waals surface area contributed by atoms with Crippen LogP contribution in [0.15, 0.2) is 41.4 Å². The lowest BCUT2D eigenvalue weighted by atomic mass is 10.2.